The summed E-state index contributed by atoms with van der Waals surface area (Å²) in [6.45, 7) is 0.881. The average molecular weight is 659 g/mol. The van der Waals surface area contributed by atoms with Crippen LogP contribution >= 0.6 is 19.4 Å². The highest BCUT2D eigenvalue weighted by Crippen LogP contribution is 2.47. The number of aliphatic hydroxyl groups is 1. The van der Waals surface area contributed by atoms with Crippen LogP contribution in [0.3, 0.4) is 0 Å². The van der Waals surface area contributed by atoms with Crippen molar-refractivity contribution in [2.45, 2.75) is 32.0 Å². The van der Waals surface area contributed by atoms with E-state index in [1.807, 2.05) is 0 Å². The van der Waals surface area contributed by atoms with E-state index in [1.54, 1.807) is 19.1 Å². The summed E-state index contributed by atoms with van der Waals surface area (Å²) < 4.78 is 59.6. The molecule has 0 saturated heterocycles. The second-order valence-electron chi connectivity index (χ2n) is 9.67. The van der Waals surface area contributed by atoms with Gasteiger partial charge in [0.25, 0.3) is 0 Å². The van der Waals surface area contributed by atoms with Gasteiger partial charge in [0.1, 0.15) is 17.5 Å². The Morgan fingerprint density at radius 2 is 1.86 bits per heavy atom. The maximum absolute atomic E-state index is 13.8. The zero-order valence-electron chi connectivity index (χ0n) is 24.5. The minimum atomic E-state index is -3.92. The van der Waals surface area contributed by atoms with Gasteiger partial charge in [0.05, 0.1) is 24.3 Å². The fraction of sp³-hybridized carbons (Fsp3) is 0.393. The summed E-state index contributed by atoms with van der Waals surface area (Å²) in [6.07, 6.45) is -0.667. The molecule has 16 heteroatoms. The smallest absolute Gasteiger partial charge is 0.449 e. The van der Waals surface area contributed by atoms with Gasteiger partial charge in [-0.1, -0.05) is 23.7 Å². The number of carbonyl (C=O) groups is 2. The number of halogens is 3. The molecule has 0 spiro atoms. The number of amides is 3. The number of anilines is 1. The van der Waals surface area contributed by atoms with Crippen LogP contribution in [0.5, 0.6) is 0 Å². The number of nitrogens with zero attached hydrogens (tertiary/aromatic N) is 2. The molecule has 0 aliphatic carbocycles. The van der Waals surface area contributed by atoms with E-state index in [-0.39, 0.29) is 30.4 Å². The van der Waals surface area contributed by atoms with E-state index >= 15 is 0 Å². The van der Waals surface area contributed by atoms with Crippen LogP contribution in [0.4, 0.5) is 24.2 Å². The number of fused-ring (bicyclic) bond motifs is 1. The zero-order chi connectivity index (χ0) is 32.4. The van der Waals surface area contributed by atoms with Gasteiger partial charge in [-0.2, -0.15) is 0 Å². The van der Waals surface area contributed by atoms with Crippen LogP contribution in [-0.2, 0) is 29.4 Å². The molecule has 0 radical (unpaired) electrons. The summed E-state index contributed by atoms with van der Waals surface area (Å²) in [5, 5.41) is 17.2. The van der Waals surface area contributed by atoms with Crippen LogP contribution in [-0.4, -0.2) is 73.7 Å². The highest BCUT2D eigenvalue weighted by Gasteiger charge is 2.33. The number of pyridine rings is 1. The van der Waals surface area contributed by atoms with Crippen molar-refractivity contribution in [2.75, 3.05) is 39.8 Å². The van der Waals surface area contributed by atoms with Gasteiger partial charge in [-0.05, 0) is 54.6 Å². The Morgan fingerprint density at radius 3 is 2.57 bits per heavy atom. The standard InChI is InChI=1S/C28H34ClF2N4O8P/c1-17(35(2)27(37)33-15-19-6-5-7-23(31)26(19)29)22(24(36)16-43-44(39,40-3)41-4)10-11-42-28(38)34-25-13-20-12-21(30)9-8-18(20)14-32-25/h5-9,12-14,17,22,24,36H,10-11,15-16H2,1-4H3,(H,33,37)(H,32,34,38)/t17-,22?,24?/m1/s1. The normalized spacial score (nSPS) is 13.6. The third kappa shape index (κ3) is 9.55. The minimum absolute atomic E-state index is 0.0348. The number of aliphatic hydroxyl groups excluding tert-OH is 1. The fourth-order valence-electron chi connectivity index (χ4n) is 4.29. The molecule has 1 aromatic heterocycles. The number of rotatable bonds is 14. The summed E-state index contributed by atoms with van der Waals surface area (Å²) in [4.78, 5) is 30.8. The number of ether oxygens (including phenoxy) is 1. The van der Waals surface area contributed by atoms with Gasteiger partial charge in [0.15, 0.2) is 0 Å². The first-order valence-corrected chi connectivity index (χ1v) is 15.2. The third-order valence-electron chi connectivity index (χ3n) is 6.96. The molecule has 12 nitrogen and oxygen atoms in total. The Morgan fingerprint density at radius 1 is 1.14 bits per heavy atom. The first-order chi connectivity index (χ1) is 20.9. The Bertz CT molecular complexity index is 1500. The van der Waals surface area contributed by atoms with Gasteiger partial charge in [-0.3, -0.25) is 18.9 Å². The summed E-state index contributed by atoms with van der Waals surface area (Å²) in [6, 6.07) is 8.62. The Kier molecular flexibility index (Phi) is 12.8. The van der Waals surface area contributed by atoms with Crippen molar-refractivity contribution >= 4 is 48.1 Å². The van der Waals surface area contributed by atoms with Crippen LogP contribution in [0, 0.1) is 17.6 Å². The van der Waals surface area contributed by atoms with E-state index in [9.17, 15) is 28.0 Å². The number of aromatic nitrogens is 1. The highest BCUT2D eigenvalue weighted by molar-refractivity contribution is 7.48. The molecule has 0 aliphatic heterocycles. The van der Waals surface area contributed by atoms with Crippen molar-refractivity contribution in [3.05, 3.63) is 70.9 Å². The molecule has 3 aromatic rings. The van der Waals surface area contributed by atoms with E-state index in [0.717, 1.165) is 14.2 Å². The van der Waals surface area contributed by atoms with Crippen LogP contribution in [0.2, 0.25) is 5.02 Å². The summed E-state index contributed by atoms with van der Waals surface area (Å²) in [5.41, 5.74) is 0.367. The van der Waals surface area contributed by atoms with Gasteiger partial charge >= 0.3 is 19.9 Å². The molecule has 1 heterocycles. The molecular weight excluding hydrogens is 625 g/mol. The Labute approximate surface area is 258 Å². The molecule has 44 heavy (non-hydrogen) atoms. The molecule has 0 fully saturated rings. The van der Waals surface area contributed by atoms with Gasteiger partial charge in [-0.25, -0.2) is 27.9 Å². The van der Waals surface area contributed by atoms with Crippen molar-refractivity contribution in [2.24, 2.45) is 5.92 Å². The predicted molar refractivity (Wildman–Crippen MR) is 159 cm³/mol. The lowest BCUT2D eigenvalue weighted by molar-refractivity contribution is 0.00359. The number of hydrogen-bond donors (Lipinski definition) is 3. The van der Waals surface area contributed by atoms with Gasteiger partial charge < -0.3 is 20.1 Å². The maximum atomic E-state index is 13.8. The number of carbonyl (C=O) groups excluding carboxylic acids is 2. The second-order valence-corrected chi connectivity index (χ2v) is 11.9. The van der Waals surface area contributed by atoms with Gasteiger partial charge in [0.2, 0.25) is 0 Å². The van der Waals surface area contributed by atoms with Crippen molar-refractivity contribution in [3.8, 4) is 0 Å². The van der Waals surface area contributed by atoms with Crippen LogP contribution in [0.1, 0.15) is 18.9 Å². The van der Waals surface area contributed by atoms with E-state index in [1.165, 1.54) is 48.5 Å². The van der Waals surface area contributed by atoms with E-state index in [4.69, 9.17) is 29.9 Å². The Balaban J connectivity index is 1.65. The molecule has 2 unspecified atom stereocenters. The van der Waals surface area contributed by atoms with Crippen molar-refractivity contribution < 1.29 is 46.3 Å². The molecule has 2 aromatic carbocycles. The van der Waals surface area contributed by atoms with E-state index in [0.29, 0.717) is 16.3 Å². The third-order valence-corrected chi connectivity index (χ3v) is 8.74. The number of phosphoric acid groups is 1. The quantitative estimate of drug-likeness (QED) is 0.185. The minimum Gasteiger partial charge on any atom is -0.449 e. The molecule has 3 atom stereocenters. The average Bonchev–Trinajstić information content (AvgIpc) is 3.01. The summed E-state index contributed by atoms with van der Waals surface area (Å²) in [7, 11) is -0.211. The van der Waals surface area contributed by atoms with E-state index < -0.39 is 56.3 Å². The number of phosphoric ester groups is 1. The monoisotopic (exact) mass is 658 g/mol. The van der Waals surface area contributed by atoms with Gasteiger partial charge in [0, 0.05) is 51.4 Å². The predicted octanol–water partition coefficient (Wildman–Crippen LogP) is 5.73. The number of benzene rings is 2. The lowest BCUT2D eigenvalue weighted by Crippen LogP contribution is -2.49. The largest absolute Gasteiger partial charge is 0.474 e. The molecular formula is C28H34ClF2N4O8P. The second kappa shape index (κ2) is 16.1. The van der Waals surface area contributed by atoms with Crippen LogP contribution in [0.25, 0.3) is 10.8 Å². The summed E-state index contributed by atoms with van der Waals surface area (Å²) >= 11 is 5.98. The molecule has 0 aliphatic rings. The van der Waals surface area contributed by atoms with Gasteiger partial charge in [-0.15, -0.1) is 0 Å². The number of hydrogen-bond acceptors (Lipinski definition) is 9. The highest BCUT2D eigenvalue weighted by atomic mass is 35.5. The Hall–Kier alpha value is -3.39. The van der Waals surface area contributed by atoms with Crippen molar-refractivity contribution in [1.29, 1.82) is 0 Å². The lowest BCUT2D eigenvalue weighted by Gasteiger charge is -2.35. The SMILES string of the molecule is COP(=O)(OC)OCC(O)C(CCOC(=O)Nc1cc2cc(F)ccc2cn1)[C@@H](C)N(C)C(=O)NCc1cccc(F)c1Cl. The van der Waals surface area contributed by atoms with Crippen molar-refractivity contribution in [3.63, 3.8) is 0 Å². The zero-order valence-corrected chi connectivity index (χ0v) is 26.1. The molecule has 0 bridgehead atoms. The maximum Gasteiger partial charge on any atom is 0.474 e. The number of nitrogens with one attached hydrogen (secondary N) is 2. The van der Waals surface area contributed by atoms with Crippen LogP contribution < -0.4 is 10.6 Å². The molecule has 3 N–H and O–H groups in total. The van der Waals surface area contributed by atoms with Crippen LogP contribution in [0.15, 0.2) is 48.7 Å². The molecule has 3 amide bonds. The molecule has 0 saturated carbocycles. The molecule has 240 valence electrons. The topological polar surface area (TPSA) is 149 Å². The van der Waals surface area contributed by atoms with E-state index in [2.05, 4.69) is 15.6 Å². The fourth-order valence-corrected chi connectivity index (χ4v) is 5.18. The van der Waals surface area contributed by atoms with Crippen molar-refractivity contribution in [1.82, 2.24) is 15.2 Å². The summed E-state index contributed by atoms with van der Waals surface area (Å²) in [5.74, 6) is -1.71. The lowest BCUT2D eigenvalue weighted by atomic mass is 9.91. The first-order valence-electron chi connectivity index (χ1n) is 13.3. The number of urea groups is 1. The molecule has 3 rings (SSSR count). The first kappa shape index (κ1) is 35.1.